The molecule has 0 saturated carbocycles. The molecule has 130 valence electrons. The number of alkyl carbamates (subject to hydrolysis) is 1. The Morgan fingerprint density at radius 2 is 2.04 bits per heavy atom. The summed E-state index contributed by atoms with van der Waals surface area (Å²) in [5.41, 5.74) is -0.548. The standard InChI is InChI=1S/C16H25NO5S/c1-6-7-11(17-15(19)22-16(2,3)4)10-21-12-8-9-23-13(12)14(18)20-5/h8-9,11H,6-7,10H2,1-5H3,(H,17,19)/t11-/m1/s1. The average Bonchev–Trinajstić information content (AvgIpc) is 2.90. The maximum Gasteiger partial charge on any atom is 0.407 e. The van der Waals surface area contributed by atoms with Gasteiger partial charge in [0.15, 0.2) is 4.88 Å². The van der Waals surface area contributed by atoms with Crippen LogP contribution < -0.4 is 10.1 Å². The van der Waals surface area contributed by atoms with Gasteiger partial charge in [-0.2, -0.15) is 0 Å². The van der Waals surface area contributed by atoms with Gasteiger partial charge in [0, 0.05) is 0 Å². The summed E-state index contributed by atoms with van der Waals surface area (Å²) in [6.07, 6.45) is 1.16. The highest BCUT2D eigenvalue weighted by molar-refractivity contribution is 7.12. The zero-order valence-electron chi connectivity index (χ0n) is 14.3. The van der Waals surface area contributed by atoms with Crippen molar-refractivity contribution in [1.29, 1.82) is 0 Å². The predicted octanol–water partition coefficient (Wildman–Crippen LogP) is 3.61. The number of esters is 1. The van der Waals surface area contributed by atoms with Crippen molar-refractivity contribution in [3.05, 3.63) is 16.3 Å². The average molecular weight is 343 g/mol. The van der Waals surface area contributed by atoms with E-state index in [-0.39, 0.29) is 12.6 Å². The first-order valence-electron chi connectivity index (χ1n) is 7.55. The van der Waals surface area contributed by atoms with E-state index >= 15 is 0 Å². The van der Waals surface area contributed by atoms with E-state index in [1.54, 1.807) is 11.4 Å². The van der Waals surface area contributed by atoms with Crippen LogP contribution in [0, 0.1) is 0 Å². The molecule has 1 amide bonds. The highest BCUT2D eigenvalue weighted by Gasteiger charge is 2.21. The number of hydrogen-bond acceptors (Lipinski definition) is 6. The second-order valence-electron chi connectivity index (χ2n) is 6.05. The number of amides is 1. The Hall–Kier alpha value is -1.76. The molecule has 0 bridgehead atoms. The van der Waals surface area contributed by atoms with Crippen LogP contribution in [0.5, 0.6) is 5.75 Å². The Morgan fingerprint density at radius 3 is 2.61 bits per heavy atom. The first-order valence-corrected chi connectivity index (χ1v) is 8.43. The van der Waals surface area contributed by atoms with Crippen molar-refractivity contribution in [2.45, 2.75) is 52.2 Å². The summed E-state index contributed by atoms with van der Waals surface area (Å²) in [6.45, 7) is 7.71. The van der Waals surface area contributed by atoms with Gasteiger partial charge < -0.3 is 19.5 Å². The number of carbonyl (C=O) groups excluding carboxylic acids is 2. The van der Waals surface area contributed by atoms with Crippen LogP contribution in [0.2, 0.25) is 0 Å². The lowest BCUT2D eigenvalue weighted by atomic mass is 10.2. The maximum absolute atomic E-state index is 11.9. The summed E-state index contributed by atoms with van der Waals surface area (Å²) < 4.78 is 15.6. The lowest BCUT2D eigenvalue weighted by molar-refractivity contribution is 0.0480. The van der Waals surface area contributed by atoms with Gasteiger partial charge in [0.1, 0.15) is 18.0 Å². The van der Waals surface area contributed by atoms with Gasteiger partial charge in [0.25, 0.3) is 0 Å². The summed E-state index contributed by atoms with van der Waals surface area (Å²) in [7, 11) is 1.33. The fraction of sp³-hybridized carbons (Fsp3) is 0.625. The van der Waals surface area contributed by atoms with Crippen molar-refractivity contribution in [3.8, 4) is 5.75 Å². The van der Waals surface area contributed by atoms with E-state index in [1.807, 2.05) is 27.7 Å². The smallest absolute Gasteiger partial charge is 0.407 e. The lowest BCUT2D eigenvalue weighted by Gasteiger charge is -2.23. The van der Waals surface area contributed by atoms with E-state index in [0.717, 1.165) is 12.8 Å². The van der Waals surface area contributed by atoms with Gasteiger partial charge >= 0.3 is 12.1 Å². The van der Waals surface area contributed by atoms with Crippen LogP contribution >= 0.6 is 11.3 Å². The minimum absolute atomic E-state index is 0.194. The Kier molecular flexibility index (Phi) is 7.35. The quantitative estimate of drug-likeness (QED) is 0.766. The van der Waals surface area contributed by atoms with Crippen molar-refractivity contribution >= 4 is 23.4 Å². The molecule has 0 spiro atoms. The van der Waals surface area contributed by atoms with E-state index in [9.17, 15) is 9.59 Å². The third kappa shape index (κ3) is 6.90. The molecule has 0 fully saturated rings. The number of thiophene rings is 1. The van der Waals surface area contributed by atoms with E-state index in [0.29, 0.717) is 10.6 Å². The molecule has 0 saturated heterocycles. The van der Waals surface area contributed by atoms with Crippen LogP contribution in [-0.2, 0) is 9.47 Å². The normalized spacial score (nSPS) is 12.4. The van der Waals surface area contributed by atoms with Crippen LogP contribution in [0.3, 0.4) is 0 Å². The molecule has 1 N–H and O–H groups in total. The summed E-state index contributed by atoms with van der Waals surface area (Å²) >= 11 is 1.26. The van der Waals surface area contributed by atoms with Gasteiger partial charge in [-0.3, -0.25) is 0 Å². The first kappa shape index (κ1) is 19.3. The number of nitrogens with one attached hydrogen (secondary N) is 1. The molecule has 1 aromatic rings. The van der Waals surface area contributed by atoms with Gasteiger partial charge in [0.2, 0.25) is 0 Å². The van der Waals surface area contributed by atoms with Crippen LogP contribution in [0.4, 0.5) is 4.79 Å². The van der Waals surface area contributed by atoms with E-state index in [4.69, 9.17) is 14.2 Å². The molecule has 1 aromatic heterocycles. The van der Waals surface area contributed by atoms with Gasteiger partial charge in [-0.1, -0.05) is 13.3 Å². The number of methoxy groups -OCH3 is 1. The molecule has 1 atom stereocenters. The highest BCUT2D eigenvalue weighted by Crippen LogP contribution is 2.25. The van der Waals surface area contributed by atoms with Gasteiger partial charge in [-0.15, -0.1) is 11.3 Å². The monoisotopic (exact) mass is 343 g/mol. The molecule has 23 heavy (non-hydrogen) atoms. The molecular weight excluding hydrogens is 318 g/mol. The van der Waals surface area contributed by atoms with Crippen molar-refractivity contribution in [2.75, 3.05) is 13.7 Å². The number of hydrogen-bond donors (Lipinski definition) is 1. The molecule has 0 aliphatic heterocycles. The maximum atomic E-state index is 11.9. The molecule has 0 radical (unpaired) electrons. The molecule has 0 unspecified atom stereocenters. The van der Waals surface area contributed by atoms with Crippen LogP contribution in [0.1, 0.15) is 50.2 Å². The molecule has 0 aliphatic carbocycles. The van der Waals surface area contributed by atoms with Gasteiger partial charge in [0.05, 0.1) is 13.2 Å². The molecule has 0 aliphatic rings. The Balaban J connectivity index is 2.62. The Morgan fingerprint density at radius 1 is 1.35 bits per heavy atom. The van der Waals surface area contributed by atoms with Crippen molar-refractivity contribution in [2.24, 2.45) is 0 Å². The summed E-state index contributed by atoms with van der Waals surface area (Å²) in [5.74, 6) is 0.0380. The molecule has 0 aromatic carbocycles. The fourth-order valence-electron chi connectivity index (χ4n) is 1.86. The second-order valence-corrected chi connectivity index (χ2v) is 6.96. The summed E-state index contributed by atoms with van der Waals surface area (Å²) in [5, 5.41) is 4.56. The lowest BCUT2D eigenvalue weighted by Crippen LogP contribution is -2.42. The van der Waals surface area contributed by atoms with Gasteiger partial charge in [-0.05, 0) is 38.6 Å². The zero-order chi connectivity index (χ0) is 17.5. The molecule has 7 heteroatoms. The van der Waals surface area contributed by atoms with E-state index in [1.165, 1.54) is 18.4 Å². The van der Waals surface area contributed by atoms with Crippen LogP contribution in [0.25, 0.3) is 0 Å². The van der Waals surface area contributed by atoms with E-state index in [2.05, 4.69) is 5.32 Å². The minimum Gasteiger partial charge on any atom is -0.490 e. The zero-order valence-corrected chi connectivity index (χ0v) is 15.1. The molecule has 6 nitrogen and oxygen atoms in total. The third-order valence-corrected chi connectivity index (χ3v) is 3.67. The first-order chi connectivity index (χ1) is 10.8. The predicted molar refractivity (Wildman–Crippen MR) is 89.2 cm³/mol. The van der Waals surface area contributed by atoms with Crippen molar-refractivity contribution in [3.63, 3.8) is 0 Å². The number of carbonyl (C=O) groups is 2. The summed E-state index contributed by atoms with van der Waals surface area (Å²) in [4.78, 5) is 23.9. The van der Waals surface area contributed by atoms with Crippen LogP contribution in [0.15, 0.2) is 11.4 Å². The second kappa shape index (κ2) is 8.76. The highest BCUT2D eigenvalue weighted by atomic mass is 32.1. The SMILES string of the molecule is CCC[C@H](COc1ccsc1C(=O)OC)NC(=O)OC(C)(C)C. The van der Waals surface area contributed by atoms with E-state index < -0.39 is 17.7 Å². The number of rotatable bonds is 7. The van der Waals surface area contributed by atoms with Crippen molar-refractivity contribution < 1.29 is 23.8 Å². The summed E-state index contributed by atoms with van der Waals surface area (Å²) in [6, 6.07) is 1.52. The largest absolute Gasteiger partial charge is 0.490 e. The molecule has 1 rings (SSSR count). The van der Waals surface area contributed by atoms with Crippen molar-refractivity contribution in [1.82, 2.24) is 5.32 Å². The Labute approximate surface area is 141 Å². The minimum atomic E-state index is -0.548. The fourth-order valence-corrected chi connectivity index (χ4v) is 2.61. The molecular formula is C16H25NO5S. The Bertz CT molecular complexity index is 521. The topological polar surface area (TPSA) is 73.9 Å². The molecule has 1 heterocycles. The third-order valence-electron chi connectivity index (χ3n) is 2.80. The van der Waals surface area contributed by atoms with Gasteiger partial charge in [-0.25, -0.2) is 9.59 Å². The van der Waals surface area contributed by atoms with Crippen LogP contribution in [-0.4, -0.2) is 37.4 Å². The number of ether oxygens (including phenoxy) is 3.